The zero-order valence-electron chi connectivity index (χ0n) is 34.7. The number of nitrogens with zero attached hydrogens (tertiary/aromatic N) is 6. The number of anilines is 4. The summed E-state index contributed by atoms with van der Waals surface area (Å²) in [4.78, 5) is 30.1. The lowest BCUT2D eigenvalue weighted by atomic mass is 9.89. The first-order chi connectivity index (χ1) is 30.9. The molecule has 7 aromatic rings. The van der Waals surface area contributed by atoms with Crippen molar-refractivity contribution in [1.29, 1.82) is 0 Å². The Morgan fingerprint density at radius 3 is 2.33 bits per heavy atom. The fraction of sp³-hybridized carbons (Fsp3) is 0.277. The van der Waals surface area contributed by atoms with E-state index in [9.17, 15) is 26.7 Å². The quantitative estimate of drug-likeness (QED) is 0.130. The third-order valence-corrected chi connectivity index (χ3v) is 11.4. The average Bonchev–Trinajstić information content (AvgIpc) is 3.67. The minimum atomic E-state index is -4.68. The van der Waals surface area contributed by atoms with Crippen LogP contribution in [0.1, 0.15) is 53.0 Å². The molecule has 0 radical (unpaired) electrons. The van der Waals surface area contributed by atoms with Crippen molar-refractivity contribution < 1.29 is 36.2 Å². The maximum absolute atomic E-state index is 14.5. The van der Waals surface area contributed by atoms with E-state index in [1.165, 1.54) is 36.7 Å². The van der Waals surface area contributed by atoms with Gasteiger partial charge in [0.1, 0.15) is 40.9 Å². The number of piperidine rings is 1. The molecule has 4 aromatic carbocycles. The molecule has 2 N–H and O–H groups in total. The first kappa shape index (κ1) is 44.1. The van der Waals surface area contributed by atoms with Crippen LogP contribution in [0, 0.1) is 11.6 Å². The highest BCUT2D eigenvalue weighted by atomic mass is 35.5. The molecule has 2 saturated heterocycles. The number of pyridine rings is 1. The van der Waals surface area contributed by atoms with Gasteiger partial charge in [0.15, 0.2) is 0 Å². The van der Waals surface area contributed by atoms with Crippen molar-refractivity contribution in [2.45, 2.75) is 45.0 Å². The van der Waals surface area contributed by atoms with Crippen molar-refractivity contribution in [3.8, 4) is 5.75 Å². The van der Waals surface area contributed by atoms with Crippen LogP contribution in [-0.2, 0) is 17.7 Å². The van der Waals surface area contributed by atoms with E-state index in [1.807, 2.05) is 24.0 Å². The molecule has 1 amide bonds. The molecule has 3 aromatic heterocycles. The minimum absolute atomic E-state index is 0.200. The van der Waals surface area contributed by atoms with Crippen molar-refractivity contribution in [1.82, 2.24) is 24.7 Å². The van der Waals surface area contributed by atoms with Crippen LogP contribution in [-0.4, -0.2) is 71.0 Å². The van der Waals surface area contributed by atoms with Gasteiger partial charge in [-0.15, -0.1) is 13.2 Å². The number of hydrogen-bond acceptors (Lipinski definition) is 9. The van der Waals surface area contributed by atoms with E-state index in [0.717, 1.165) is 48.4 Å². The van der Waals surface area contributed by atoms with Crippen LogP contribution >= 0.6 is 11.6 Å². The second-order valence-electron chi connectivity index (χ2n) is 15.3. The van der Waals surface area contributed by atoms with Crippen LogP contribution in [0.15, 0.2) is 110 Å². The molecule has 332 valence electrons. The molecular weight excluding hydrogens is 855 g/mol. The molecule has 0 aliphatic carbocycles. The maximum atomic E-state index is 14.5. The molecule has 2 aliphatic rings. The van der Waals surface area contributed by atoms with Crippen LogP contribution in [0.3, 0.4) is 0 Å². The number of carbonyl (C=O) groups excluding carboxylic acids is 1. The van der Waals surface area contributed by atoms with E-state index in [2.05, 4.69) is 47.4 Å². The van der Waals surface area contributed by atoms with E-state index < -0.39 is 6.36 Å². The van der Waals surface area contributed by atoms with E-state index in [0.29, 0.717) is 83.7 Å². The van der Waals surface area contributed by atoms with Crippen LogP contribution in [0.2, 0.25) is 5.02 Å². The Hall–Kier alpha value is -6.52. The third kappa shape index (κ3) is 10.6. The monoisotopic (exact) mass is 898 g/mol. The van der Waals surface area contributed by atoms with Gasteiger partial charge in [-0.1, -0.05) is 42.8 Å². The highest BCUT2D eigenvalue weighted by Gasteiger charge is 2.31. The standard InChI is InChI=1S/C29H28ClF3N4O2.C18H16F2N4O/c1-2-25-27(37-18-22(30)7-12-26(37)35-25)28(38)34-17-19-3-8-23(9-4-19)36-15-13-21(14-16-36)20-5-10-24(11-6-20)39-29(31,32)33;19-12-1-3-14-16(9-12)21-11-22-18(14)23-13-2-4-17(15(20)10-13)24-5-7-25-8-6-24/h3-12,18,21H,2,13-17H2,1H3,(H,34,38);1-4,9-11H,5-8H2,(H,21,22,23). The Morgan fingerprint density at radius 1 is 0.875 bits per heavy atom. The largest absolute Gasteiger partial charge is 0.573 e. The number of fused-ring (bicyclic) bond motifs is 2. The van der Waals surface area contributed by atoms with E-state index in [4.69, 9.17) is 16.3 Å². The van der Waals surface area contributed by atoms with Gasteiger partial charge in [-0.25, -0.2) is 23.7 Å². The number of ether oxygens (including phenoxy) is 2. The average molecular weight is 899 g/mol. The molecule has 2 fully saturated rings. The van der Waals surface area contributed by atoms with Crippen LogP contribution in [0.5, 0.6) is 5.75 Å². The minimum Gasteiger partial charge on any atom is -0.406 e. The highest BCUT2D eigenvalue weighted by molar-refractivity contribution is 6.30. The molecule has 17 heteroatoms. The van der Waals surface area contributed by atoms with Gasteiger partial charge in [-0.2, -0.15) is 0 Å². The van der Waals surface area contributed by atoms with Crippen molar-refractivity contribution in [3.05, 3.63) is 149 Å². The summed E-state index contributed by atoms with van der Waals surface area (Å²) in [6.45, 7) is 6.58. The van der Waals surface area contributed by atoms with Gasteiger partial charge in [-0.3, -0.25) is 9.20 Å². The summed E-state index contributed by atoms with van der Waals surface area (Å²) < 4.78 is 76.0. The summed E-state index contributed by atoms with van der Waals surface area (Å²) in [5, 5.41) is 7.28. The maximum Gasteiger partial charge on any atom is 0.573 e. The van der Waals surface area contributed by atoms with Crippen LogP contribution < -0.4 is 25.2 Å². The lowest BCUT2D eigenvalue weighted by Gasteiger charge is -2.34. The molecule has 11 nitrogen and oxygen atoms in total. The predicted molar refractivity (Wildman–Crippen MR) is 237 cm³/mol. The second-order valence-corrected chi connectivity index (χ2v) is 15.8. The number of rotatable bonds is 10. The lowest BCUT2D eigenvalue weighted by Crippen LogP contribution is -2.36. The number of benzene rings is 4. The highest BCUT2D eigenvalue weighted by Crippen LogP contribution is 2.33. The summed E-state index contributed by atoms with van der Waals surface area (Å²) in [6.07, 6.45) is 0.804. The molecule has 0 spiro atoms. The van der Waals surface area contributed by atoms with E-state index in [1.54, 1.807) is 53.1 Å². The molecule has 0 atom stereocenters. The number of amides is 1. The van der Waals surface area contributed by atoms with E-state index >= 15 is 0 Å². The van der Waals surface area contributed by atoms with Crippen molar-refractivity contribution in [3.63, 3.8) is 0 Å². The summed E-state index contributed by atoms with van der Waals surface area (Å²) in [5.74, 6) is -0.282. The van der Waals surface area contributed by atoms with Crippen molar-refractivity contribution in [2.75, 3.05) is 54.5 Å². The van der Waals surface area contributed by atoms with Crippen LogP contribution in [0.25, 0.3) is 16.6 Å². The third-order valence-electron chi connectivity index (χ3n) is 11.2. The molecule has 5 heterocycles. The molecule has 2 aliphatic heterocycles. The number of alkyl halides is 3. The Morgan fingerprint density at radius 2 is 1.62 bits per heavy atom. The fourth-order valence-corrected chi connectivity index (χ4v) is 8.13. The van der Waals surface area contributed by atoms with Crippen molar-refractivity contribution in [2.24, 2.45) is 0 Å². The van der Waals surface area contributed by atoms with Gasteiger partial charge in [-0.05, 0) is 103 Å². The molecule has 0 bridgehead atoms. The molecule has 0 saturated carbocycles. The molecule has 0 unspecified atom stereocenters. The lowest BCUT2D eigenvalue weighted by molar-refractivity contribution is -0.274. The fourth-order valence-electron chi connectivity index (χ4n) is 7.97. The van der Waals surface area contributed by atoms with Crippen molar-refractivity contribution >= 4 is 56.9 Å². The number of aryl methyl sites for hydroxylation is 1. The molecule has 64 heavy (non-hydrogen) atoms. The Labute approximate surface area is 370 Å². The van der Waals surface area contributed by atoms with Gasteiger partial charge >= 0.3 is 6.36 Å². The Balaban J connectivity index is 0.000000192. The van der Waals surface area contributed by atoms with Gasteiger partial charge in [0.2, 0.25) is 0 Å². The smallest absolute Gasteiger partial charge is 0.406 e. The number of morpholine rings is 1. The topological polar surface area (TPSA) is 109 Å². The summed E-state index contributed by atoms with van der Waals surface area (Å²) >= 11 is 6.14. The summed E-state index contributed by atoms with van der Waals surface area (Å²) in [5.41, 5.74) is 6.62. The number of carbonyl (C=O) groups is 1. The molecular formula is C47H44ClF5N8O3. The first-order valence-electron chi connectivity index (χ1n) is 20.8. The SMILES string of the molecule is CCc1nc2ccc(Cl)cn2c1C(=O)NCc1ccc(N2CCC(c3ccc(OC(F)(F)F)cc3)CC2)cc1.Fc1ccc2c(Nc3ccc(N4CCOCC4)c(F)c3)ncnc2c1. The number of nitrogens with one attached hydrogen (secondary N) is 2. The Kier molecular flexibility index (Phi) is 13.4. The number of aromatic nitrogens is 4. The normalized spacial score (nSPS) is 14.6. The zero-order valence-corrected chi connectivity index (χ0v) is 35.5. The van der Waals surface area contributed by atoms with E-state index in [-0.39, 0.29) is 29.2 Å². The zero-order chi connectivity index (χ0) is 44.8. The van der Waals surface area contributed by atoms with Gasteiger partial charge in [0.05, 0.1) is 35.1 Å². The second kappa shape index (κ2) is 19.5. The predicted octanol–water partition coefficient (Wildman–Crippen LogP) is 10.3. The number of imidazole rings is 1. The number of halogens is 6. The van der Waals surface area contributed by atoms with Gasteiger partial charge < -0.3 is 29.9 Å². The Bertz CT molecular complexity index is 2720. The number of hydrogen-bond donors (Lipinski definition) is 2. The summed E-state index contributed by atoms with van der Waals surface area (Å²) in [6, 6.07) is 27.1. The summed E-state index contributed by atoms with van der Waals surface area (Å²) in [7, 11) is 0. The van der Waals surface area contributed by atoms with Gasteiger partial charge in [0, 0.05) is 61.7 Å². The van der Waals surface area contributed by atoms with Crippen LogP contribution in [0.4, 0.5) is 44.8 Å². The van der Waals surface area contributed by atoms with Gasteiger partial charge in [0.25, 0.3) is 5.91 Å². The molecule has 9 rings (SSSR count). The first-order valence-corrected chi connectivity index (χ1v) is 21.2.